The van der Waals surface area contributed by atoms with Crippen LogP contribution in [0, 0.1) is 0 Å². The van der Waals surface area contributed by atoms with Crippen LogP contribution in [0.5, 0.6) is 0 Å². The number of rotatable bonds is 3. The van der Waals surface area contributed by atoms with Crippen LogP contribution in [0.25, 0.3) is 16.6 Å². The van der Waals surface area contributed by atoms with Crippen molar-refractivity contribution in [2.45, 2.75) is 11.4 Å². The fourth-order valence-electron chi connectivity index (χ4n) is 3.85. The fraction of sp³-hybridized carbons (Fsp3) is 0.130. The molecular formula is C23H22N4S. The van der Waals surface area contributed by atoms with Crippen LogP contribution in [0.4, 0.5) is 17.1 Å². The molecule has 0 saturated carbocycles. The SMILES string of the molecule is Nc1ccc2c(c1)N(Cc1cccc(-n3ccc4ccc(N)cc43)c1)CCS2. The number of thioether (sulfide) groups is 1. The van der Waals surface area contributed by atoms with Gasteiger partial charge in [0.2, 0.25) is 0 Å². The molecule has 2 heterocycles. The lowest BCUT2D eigenvalue weighted by molar-refractivity contribution is 0.817. The van der Waals surface area contributed by atoms with Crippen molar-refractivity contribution in [3.8, 4) is 5.69 Å². The average Bonchev–Trinajstić information content (AvgIpc) is 3.12. The molecule has 0 amide bonds. The van der Waals surface area contributed by atoms with E-state index in [-0.39, 0.29) is 0 Å². The van der Waals surface area contributed by atoms with E-state index in [4.69, 9.17) is 11.5 Å². The van der Waals surface area contributed by atoms with E-state index in [0.717, 1.165) is 41.4 Å². The molecule has 5 rings (SSSR count). The van der Waals surface area contributed by atoms with Gasteiger partial charge in [0.15, 0.2) is 0 Å². The number of benzene rings is 3. The molecule has 0 atom stereocenters. The largest absolute Gasteiger partial charge is 0.399 e. The lowest BCUT2D eigenvalue weighted by Crippen LogP contribution is -2.28. The first-order valence-corrected chi connectivity index (χ1v) is 10.4. The summed E-state index contributed by atoms with van der Waals surface area (Å²) in [7, 11) is 0. The van der Waals surface area contributed by atoms with Gasteiger partial charge in [0.25, 0.3) is 0 Å². The Bertz CT molecular complexity index is 1160. The predicted molar refractivity (Wildman–Crippen MR) is 120 cm³/mol. The van der Waals surface area contributed by atoms with Crippen LogP contribution in [0.1, 0.15) is 5.56 Å². The third-order valence-corrected chi connectivity index (χ3v) is 6.26. The molecule has 4 nitrogen and oxygen atoms in total. The number of nitrogens with two attached hydrogens (primary N) is 2. The van der Waals surface area contributed by atoms with Crippen molar-refractivity contribution in [3.05, 3.63) is 78.5 Å². The number of hydrogen-bond acceptors (Lipinski definition) is 4. The van der Waals surface area contributed by atoms with Gasteiger partial charge in [-0.15, -0.1) is 11.8 Å². The Morgan fingerprint density at radius 1 is 0.893 bits per heavy atom. The van der Waals surface area contributed by atoms with Crippen LogP contribution in [0.15, 0.2) is 77.8 Å². The smallest absolute Gasteiger partial charge is 0.0548 e. The Kier molecular flexibility index (Phi) is 4.17. The second-order valence-corrected chi connectivity index (χ2v) is 8.31. The van der Waals surface area contributed by atoms with Crippen LogP contribution in [0.2, 0.25) is 0 Å². The summed E-state index contributed by atoms with van der Waals surface area (Å²) in [6.07, 6.45) is 2.11. The Morgan fingerprint density at radius 2 is 1.75 bits per heavy atom. The first-order valence-electron chi connectivity index (χ1n) is 9.40. The predicted octanol–water partition coefficient (Wildman–Crippen LogP) is 4.91. The topological polar surface area (TPSA) is 60.2 Å². The van der Waals surface area contributed by atoms with Gasteiger partial charge in [-0.1, -0.05) is 18.2 Å². The van der Waals surface area contributed by atoms with E-state index in [0.29, 0.717) is 0 Å². The maximum atomic E-state index is 6.04. The summed E-state index contributed by atoms with van der Waals surface area (Å²) in [5.74, 6) is 1.10. The molecule has 4 aromatic rings. The molecule has 0 saturated heterocycles. The van der Waals surface area contributed by atoms with Crippen LogP contribution >= 0.6 is 11.8 Å². The van der Waals surface area contributed by atoms with Gasteiger partial charge in [-0.2, -0.15) is 0 Å². The van der Waals surface area contributed by atoms with E-state index < -0.39 is 0 Å². The van der Waals surface area contributed by atoms with E-state index in [9.17, 15) is 0 Å². The van der Waals surface area contributed by atoms with Gasteiger partial charge in [0.1, 0.15) is 0 Å². The minimum absolute atomic E-state index is 0.781. The minimum atomic E-state index is 0.781. The summed E-state index contributed by atoms with van der Waals surface area (Å²) in [6, 6.07) is 23.1. The second-order valence-electron chi connectivity index (χ2n) is 7.17. The first-order chi connectivity index (χ1) is 13.7. The first kappa shape index (κ1) is 17.1. The van der Waals surface area contributed by atoms with E-state index in [1.807, 2.05) is 30.0 Å². The zero-order valence-electron chi connectivity index (χ0n) is 15.5. The lowest BCUT2D eigenvalue weighted by atomic mass is 10.1. The summed E-state index contributed by atoms with van der Waals surface area (Å²) < 4.78 is 2.20. The number of aromatic nitrogens is 1. The van der Waals surface area contributed by atoms with Crippen molar-refractivity contribution >= 4 is 39.7 Å². The maximum absolute atomic E-state index is 6.04. The molecule has 0 bridgehead atoms. The quantitative estimate of drug-likeness (QED) is 0.491. The van der Waals surface area contributed by atoms with Crippen molar-refractivity contribution in [2.75, 3.05) is 28.7 Å². The van der Waals surface area contributed by atoms with Crippen molar-refractivity contribution in [2.24, 2.45) is 0 Å². The lowest BCUT2D eigenvalue weighted by Gasteiger charge is -2.31. The van der Waals surface area contributed by atoms with Crippen molar-refractivity contribution in [1.29, 1.82) is 0 Å². The average molecular weight is 387 g/mol. The molecule has 5 heteroatoms. The van der Waals surface area contributed by atoms with Crippen LogP contribution in [-0.4, -0.2) is 16.9 Å². The zero-order valence-corrected chi connectivity index (χ0v) is 16.3. The molecule has 28 heavy (non-hydrogen) atoms. The van der Waals surface area contributed by atoms with Crippen LogP contribution in [-0.2, 0) is 6.54 Å². The zero-order chi connectivity index (χ0) is 19.1. The van der Waals surface area contributed by atoms with Crippen molar-refractivity contribution in [3.63, 3.8) is 0 Å². The Hall–Kier alpha value is -3.05. The number of anilines is 3. The molecule has 140 valence electrons. The monoisotopic (exact) mass is 386 g/mol. The number of nitrogen functional groups attached to an aromatic ring is 2. The summed E-state index contributed by atoms with van der Waals surface area (Å²) in [6.45, 7) is 1.89. The van der Waals surface area contributed by atoms with Crippen LogP contribution < -0.4 is 16.4 Å². The van der Waals surface area contributed by atoms with E-state index in [1.165, 1.54) is 21.5 Å². The maximum Gasteiger partial charge on any atom is 0.0548 e. The van der Waals surface area contributed by atoms with E-state index in [2.05, 4.69) is 64.2 Å². The summed E-state index contributed by atoms with van der Waals surface area (Å²) in [5, 5.41) is 1.19. The minimum Gasteiger partial charge on any atom is -0.399 e. The van der Waals surface area contributed by atoms with Crippen molar-refractivity contribution < 1.29 is 0 Å². The van der Waals surface area contributed by atoms with Gasteiger partial charge in [-0.05, 0) is 54.1 Å². The standard InChI is InChI=1S/C23H22N4S/c24-18-5-4-17-8-9-27(21(17)13-18)20-3-1-2-16(12-20)15-26-10-11-28-23-7-6-19(25)14-22(23)26/h1-9,12-14H,10-11,15,24-25H2. The molecule has 0 radical (unpaired) electrons. The number of nitrogens with zero attached hydrogens (tertiary/aromatic N) is 2. The molecule has 1 aliphatic heterocycles. The van der Waals surface area contributed by atoms with Crippen LogP contribution in [0.3, 0.4) is 0 Å². The Morgan fingerprint density at radius 3 is 2.68 bits per heavy atom. The molecule has 0 fully saturated rings. The van der Waals surface area contributed by atoms with Gasteiger partial charge in [-0.3, -0.25) is 0 Å². The molecule has 0 spiro atoms. The highest BCUT2D eigenvalue weighted by atomic mass is 32.2. The van der Waals surface area contributed by atoms with Gasteiger partial charge >= 0.3 is 0 Å². The number of hydrogen-bond donors (Lipinski definition) is 2. The molecule has 4 N–H and O–H groups in total. The molecule has 1 aromatic heterocycles. The molecular weight excluding hydrogens is 364 g/mol. The summed E-state index contributed by atoms with van der Waals surface area (Å²) in [5.41, 5.74) is 18.4. The highest BCUT2D eigenvalue weighted by Gasteiger charge is 2.18. The summed E-state index contributed by atoms with van der Waals surface area (Å²) in [4.78, 5) is 3.73. The van der Waals surface area contributed by atoms with E-state index in [1.54, 1.807) is 0 Å². The Balaban J connectivity index is 1.49. The van der Waals surface area contributed by atoms with Gasteiger partial charge < -0.3 is 20.9 Å². The fourth-order valence-corrected chi connectivity index (χ4v) is 4.88. The molecule has 1 aliphatic rings. The summed E-state index contributed by atoms with van der Waals surface area (Å²) >= 11 is 1.90. The second kappa shape index (κ2) is 6.84. The number of fused-ring (bicyclic) bond motifs is 2. The Labute approximate surface area is 168 Å². The molecule has 0 aliphatic carbocycles. The van der Waals surface area contributed by atoms with Gasteiger partial charge in [0.05, 0.1) is 11.2 Å². The third-order valence-electron chi connectivity index (χ3n) is 5.22. The highest BCUT2D eigenvalue weighted by Crippen LogP contribution is 2.37. The molecule has 3 aromatic carbocycles. The van der Waals surface area contributed by atoms with E-state index >= 15 is 0 Å². The molecule has 0 unspecified atom stereocenters. The third kappa shape index (κ3) is 3.08. The van der Waals surface area contributed by atoms with Gasteiger partial charge in [-0.25, -0.2) is 0 Å². The van der Waals surface area contributed by atoms with Gasteiger partial charge in [0, 0.05) is 52.4 Å². The normalized spacial score (nSPS) is 13.6. The van der Waals surface area contributed by atoms with Crippen molar-refractivity contribution in [1.82, 2.24) is 4.57 Å². The highest BCUT2D eigenvalue weighted by molar-refractivity contribution is 7.99.